The number of carbonyl (C=O) groups is 1. The van der Waals surface area contributed by atoms with Crippen LogP contribution in [-0.4, -0.2) is 16.9 Å². The summed E-state index contributed by atoms with van der Waals surface area (Å²) in [6.07, 6.45) is 7.87. The highest BCUT2D eigenvalue weighted by Crippen LogP contribution is 2.40. The number of anilines is 1. The predicted octanol–water partition coefficient (Wildman–Crippen LogP) is 4.10. The Hall–Kier alpha value is -1.85. The van der Waals surface area contributed by atoms with Gasteiger partial charge in [0.15, 0.2) is 11.7 Å². The first kappa shape index (κ1) is 18.0. The molecule has 0 aliphatic heterocycles. The van der Waals surface area contributed by atoms with Crippen LogP contribution in [0, 0.1) is 5.92 Å². The lowest BCUT2D eigenvalue weighted by molar-refractivity contribution is -0.117. The Bertz CT molecular complexity index is 725. The molecule has 0 radical (unpaired) electrons. The first-order chi connectivity index (χ1) is 11.7. The Morgan fingerprint density at radius 2 is 1.96 bits per heavy atom. The third-order valence-electron chi connectivity index (χ3n) is 5.07. The SMILES string of the molecule is Cl.N[C@@H]1CCC[C@H]1CC(=O)Nc1ccc(-c2cnc(C3CC3)o2)cc1. The molecule has 5 nitrogen and oxygen atoms in total. The van der Waals surface area contributed by atoms with E-state index in [4.69, 9.17) is 10.2 Å². The second kappa shape index (κ2) is 7.58. The highest BCUT2D eigenvalue weighted by Gasteiger charge is 2.28. The lowest BCUT2D eigenvalue weighted by atomic mass is 10.00. The smallest absolute Gasteiger partial charge is 0.224 e. The molecule has 0 unspecified atom stereocenters. The number of halogens is 1. The van der Waals surface area contributed by atoms with Gasteiger partial charge in [-0.05, 0) is 55.9 Å². The first-order valence-electron chi connectivity index (χ1n) is 8.80. The van der Waals surface area contributed by atoms with E-state index in [9.17, 15) is 4.79 Å². The van der Waals surface area contributed by atoms with E-state index < -0.39 is 0 Å². The van der Waals surface area contributed by atoms with E-state index in [1.54, 1.807) is 6.20 Å². The fourth-order valence-electron chi connectivity index (χ4n) is 3.43. The highest BCUT2D eigenvalue weighted by atomic mass is 35.5. The van der Waals surface area contributed by atoms with Crippen LogP contribution in [0.3, 0.4) is 0 Å². The fourth-order valence-corrected chi connectivity index (χ4v) is 3.43. The minimum atomic E-state index is 0. The average Bonchev–Trinajstić information content (AvgIpc) is 3.18. The summed E-state index contributed by atoms with van der Waals surface area (Å²) >= 11 is 0. The Balaban J connectivity index is 0.00000182. The van der Waals surface area contributed by atoms with Crippen molar-refractivity contribution in [3.8, 4) is 11.3 Å². The number of benzene rings is 1. The second-order valence-corrected chi connectivity index (χ2v) is 7.02. The summed E-state index contributed by atoms with van der Waals surface area (Å²) in [4.78, 5) is 16.5. The number of rotatable bonds is 5. The van der Waals surface area contributed by atoms with Crippen LogP contribution < -0.4 is 11.1 Å². The van der Waals surface area contributed by atoms with Gasteiger partial charge in [-0.3, -0.25) is 4.79 Å². The van der Waals surface area contributed by atoms with Crippen LogP contribution in [0.2, 0.25) is 0 Å². The second-order valence-electron chi connectivity index (χ2n) is 7.02. The normalized spacial score (nSPS) is 22.4. The van der Waals surface area contributed by atoms with Gasteiger partial charge in [0.25, 0.3) is 0 Å². The van der Waals surface area contributed by atoms with Crippen molar-refractivity contribution in [2.75, 3.05) is 5.32 Å². The molecule has 2 aliphatic rings. The van der Waals surface area contributed by atoms with Gasteiger partial charge in [0.1, 0.15) is 0 Å². The lowest BCUT2D eigenvalue weighted by Gasteiger charge is -2.14. The number of aromatic nitrogens is 1. The molecule has 2 fully saturated rings. The van der Waals surface area contributed by atoms with Gasteiger partial charge in [0.05, 0.1) is 6.20 Å². The molecule has 0 saturated heterocycles. The zero-order chi connectivity index (χ0) is 16.5. The molecule has 4 rings (SSSR count). The van der Waals surface area contributed by atoms with Gasteiger partial charge in [-0.1, -0.05) is 6.42 Å². The first-order valence-corrected chi connectivity index (χ1v) is 8.80. The molecule has 2 aromatic rings. The minimum Gasteiger partial charge on any atom is -0.440 e. The van der Waals surface area contributed by atoms with Crippen LogP contribution in [-0.2, 0) is 4.79 Å². The standard InChI is InChI=1S/C19H23N3O2.ClH/c20-16-3-1-2-14(16)10-18(23)22-15-8-6-12(7-9-15)17-11-21-19(24-17)13-4-5-13;/h6-9,11,13-14,16H,1-5,10,20H2,(H,22,23);1H/t14-,16+;/m0./s1. The summed E-state index contributed by atoms with van der Waals surface area (Å²) in [5.74, 6) is 2.50. The van der Waals surface area contributed by atoms with Gasteiger partial charge in [0.2, 0.25) is 5.91 Å². The van der Waals surface area contributed by atoms with Crippen molar-refractivity contribution < 1.29 is 9.21 Å². The lowest BCUT2D eigenvalue weighted by Crippen LogP contribution is -2.28. The quantitative estimate of drug-likeness (QED) is 0.840. The molecule has 0 spiro atoms. The van der Waals surface area contributed by atoms with E-state index in [0.717, 1.165) is 42.2 Å². The number of hydrogen-bond acceptors (Lipinski definition) is 4. The zero-order valence-corrected chi connectivity index (χ0v) is 14.9. The van der Waals surface area contributed by atoms with E-state index in [1.165, 1.54) is 12.8 Å². The third-order valence-corrected chi connectivity index (χ3v) is 5.07. The number of nitrogens with one attached hydrogen (secondary N) is 1. The monoisotopic (exact) mass is 361 g/mol. The molecular weight excluding hydrogens is 338 g/mol. The van der Waals surface area contributed by atoms with Gasteiger partial charge < -0.3 is 15.5 Å². The summed E-state index contributed by atoms with van der Waals surface area (Å²) in [6.45, 7) is 0. The van der Waals surface area contributed by atoms with E-state index in [2.05, 4.69) is 10.3 Å². The number of carbonyl (C=O) groups excluding carboxylic acids is 1. The average molecular weight is 362 g/mol. The van der Waals surface area contributed by atoms with E-state index in [-0.39, 0.29) is 24.4 Å². The highest BCUT2D eigenvalue weighted by molar-refractivity contribution is 5.91. The van der Waals surface area contributed by atoms with Gasteiger partial charge >= 0.3 is 0 Å². The minimum absolute atomic E-state index is 0. The number of amides is 1. The van der Waals surface area contributed by atoms with Gasteiger partial charge in [-0.2, -0.15) is 0 Å². The molecule has 0 bridgehead atoms. The topological polar surface area (TPSA) is 81.2 Å². The molecule has 134 valence electrons. The summed E-state index contributed by atoms with van der Waals surface area (Å²) in [6, 6.07) is 7.88. The van der Waals surface area contributed by atoms with E-state index in [1.807, 2.05) is 24.3 Å². The van der Waals surface area contributed by atoms with E-state index >= 15 is 0 Å². The zero-order valence-electron chi connectivity index (χ0n) is 14.1. The van der Waals surface area contributed by atoms with Gasteiger partial charge in [-0.25, -0.2) is 4.98 Å². The van der Waals surface area contributed by atoms with Crippen LogP contribution in [0.15, 0.2) is 34.9 Å². The predicted molar refractivity (Wildman–Crippen MR) is 99.7 cm³/mol. The van der Waals surface area contributed by atoms with Crippen LogP contribution in [0.25, 0.3) is 11.3 Å². The third kappa shape index (κ3) is 4.22. The van der Waals surface area contributed by atoms with Crippen molar-refractivity contribution in [3.05, 3.63) is 36.4 Å². The van der Waals surface area contributed by atoms with Crippen molar-refractivity contribution in [2.45, 2.75) is 50.5 Å². The number of hydrogen-bond donors (Lipinski definition) is 2. The molecule has 1 aromatic carbocycles. The Morgan fingerprint density at radius 3 is 2.60 bits per heavy atom. The van der Waals surface area contributed by atoms with Gasteiger partial charge in [-0.15, -0.1) is 12.4 Å². The fraction of sp³-hybridized carbons (Fsp3) is 0.474. The summed E-state index contributed by atoms with van der Waals surface area (Å²) < 4.78 is 5.80. The van der Waals surface area contributed by atoms with Crippen molar-refractivity contribution in [2.24, 2.45) is 11.7 Å². The van der Waals surface area contributed by atoms with Crippen molar-refractivity contribution in [3.63, 3.8) is 0 Å². The molecule has 3 N–H and O–H groups in total. The van der Waals surface area contributed by atoms with E-state index in [0.29, 0.717) is 18.3 Å². The van der Waals surface area contributed by atoms with Crippen LogP contribution >= 0.6 is 12.4 Å². The van der Waals surface area contributed by atoms with Crippen molar-refractivity contribution >= 4 is 24.0 Å². The molecule has 25 heavy (non-hydrogen) atoms. The number of oxazole rings is 1. The summed E-state index contributed by atoms with van der Waals surface area (Å²) in [7, 11) is 0. The Morgan fingerprint density at radius 1 is 1.20 bits per heavy atom. The maximum Gasteiger partial charge on any atom is 0.224 e. The van der Waals surface area contributed by atoms with Crippen molar-refractivity contribution in [1.82, 2.24) is 4.98 Å². The molecule has 2 aliphatic carbocycles. The molecule has 1 aromatic heterocycles. The number of nitrogens with two attached hydrogens (primary N) is 1. The summed E-state index contributed by atoms with van der Waals surface area (Å²) in [5.41, 5.74) is 7.82. The van der Waals surface area contributed by atoms with Gasteiger partial charge in [0, 0.05) is 29.6 Å². The van der Waals surface area contributed by atoms with Crippen LogP contribution in [0.4, 0.5) is 5.69 Å². The van der Waals surface area contributed by atoms with Crippen LogP contribution in [0.1, 0.15) is 50.3 Å². The van der Waals surface area contributed by atoms with Crippen molar-refractivity contribution in [1.29, 1.82) is 0 Å². The molecule has 2 saturated carbocycles. The number of nitrogens with zero attached hydrogens (tertiary/aromatic N) is 1. The maximum atomic E-state index is 12.2. The summed E-state index contributed by atoms with van der Waals surface area (Å²) in [5, 5.41) is 2.96. The Labute approximate surface area is 153 Å². The van der Waals surface area contributed by atoms with Crippen LogP contribution in [0.5, 0.6) is 0 Å². The Kier molecular flexibility index (Phi) is 5.45. The molecule has 2 atom stereocenters. The molecule has 1 amide bonds. The largest absolute Gasteiger partial charge is 0.440 e. The molecule has 1 heterocycles. The molecular formula is C19H24ClN3O2. The maximum absolute atomic E-state index is 12.2. The molecule has 6 heteroatoms.